The van der Waals surface area contributed by atoms with Crippen LogP contribution in [0.15, 0.2) is 0 Å². The fraction of sp³-hybridized carbons (Fsp3) is 1.00. The molecule has 12 atom stereocenters. The Labute approximate surface area is 324 Å². The zero-order chi connectivity index (χ0) is 35.8. The molecule has 284 valence electrons. The summed E-state index contributed by atoms with van der Waals surface area (Å²) in [6.45, 7) is 31.4. The van der Waals surface area contributed by atoms with Gasteiger partial charge >= 0.3 is 0 Å². The summed E-state index contributed by atoms with van der Waals surface area (Å²) in [6, 6.07) is 0. The number of hydrogen-bond acceptors (Lipinski definition) is 3. The second-order valence-electron chi connectivity index (χ2n) is 17.5. The van der Waals surface area contributed by atoms with E-state index in [1.165, 1.54) is 77.0 Å². The lowest BCUT2D eigenvalue weighted by molar-refractivity contribution is -0.132. The Balaban J connectivity index is 3.77. The molecule has 0 aliphatic heterocycles. The Morgan fingerprint density at radius 2 is 0.553 bits per heavy atom. The Bertz CT molecular complexity index is 633. The van der Waals surface area contributed by atoms with Gasteiger partial charge in [-0.2, -0.15) is 0 Å². The molecule has 0 amide bonds. The highest BCUT2D eigenvalue weighted by Gasteiger charge is 2.19. The molecule has 0 aromatic carbocycles. The highest BCUT2D eigenvalue weighted by atomic mass is 127. The Morgan fingerprint density at radius 3 is 0.809 bits per heavy atom. The van der Waals surface area contributed by atoms with Gasteiger partial charge in [0.1, 0.15) is 13.6 Å². The fourth-order valence-electron chi connectivity index (χ4n) is 8.95. The lowest BCUT2D eigenvalue weighted by Crippen LogP contribution is -2.13. The first-order valence-corrected chi connectivity index (χ1v) is 22.6. The van der Waals surface area contributed by atoms with Crippen molar-refractivity contribution in [3.63, 3.8) is 0 Å². The van der Waals surface area contributed by atoms with Crippen molar-refractivity contribution in [3.8, 4) is 0 Å². The van der Waals surface area contributed by atoms with E-state index in [1.54, 1.807) is 0 Å². The highest BCUT2D eigenvalue weighted by molar-refractivity contribution is 14.1. The average Bonchev–Trinajstić information content (AvgIpc) is 2.89. The number of rotatable bonds is 32. The molecule has 0 N–H and O–H groups in total. The van der Waals surface area contributed by atoms with Crippen LogP contribution in [0.1, 0.15) is 173 Å². The van der Waals surface area contributed by atoms with E-state index in [9.17, 15) is 0 Å². The van der Waals surface area contributed by atoms with Gasteiger partial charge in [-0.25, -0.2) is 0 Å². The Hall–Kier alpha value is 1.34. The minimum absolute atomic E-state index is 0.344. The van der Waals surface area contributed by atoms with Crippen molar-refractivity contribution in [3.05, 3.63) is 0 Å². The number of halogens is 2. The van der Waals surface area contributed by atoms with Gasteiger partial charge < -0.3 is 14.2 Å². The van der Waals surface area contributed by atoms with Crippen molar-refractivity contribution >= 4 is 45.2 Å². The summed E-state index contributed by atoms with van der Waals surface area (Å²) in [6.07, 6.45) is 18.3. The summed E-state index contributed by atoms with van der Waals surface area (Å²) in [5.41, 5.74) is 0. The van der Waals surface area contributed by atoms with E-state index >= 15 is 0 Å². The standard InChI is InChI=1S/C42H84I2O3/c1-31(19-33(3)21-35(5)23-37(7)25-39(9)27-41(11)43)15-13-17-45-29-47-30-46-18-14-16-32(2)20-34(4)22-36(6)24-38(8)26-40(10)28-42(12)44/h31-42H,13-30H2,1-12H3. The van der Waals surface area contributed by atoms with Crippen molar-refractivity contribution in [1.82, 2.24) is 0 Å². The molecular weight excluding hydrogens is 806 g/mol. The molecule has 0 fully saturated rings. The largest absolute Gasteiger partial charge is 0.355 e. The van der Waals surface area contributed by atoms with Crippen LogP contribution in [-0.2, 0) is 14.2 Å². The van der Waals surface area contributed by atoms with Gasteiger partial charge in [-0.05, 0) is 149 Å². The lowest BCUT2D eigenvalue weighted by atomic mass is 9.82. The molecule has 12 unspecified atom stereocenters. The first-order valence-electron chi connectivity index (χ1n) is 20.1. The van der Waals surface area contributed by atoms with Crippen LogP contribution in [0.4, 0.5) is 0 Å². The van der Waals surface area contributed by atoms with Gasteiger partial charge in [0.25, 0.3) is 0 Å². The predicted molar refractivity (Wildman–Crippen MR) is 226 cm³/mol. The van der Waals surface area contributed by atoms with Crippen LogP contribution in [0.3, 0.4) is 0 Å². The number of hydrogen-bond donors (Lipinski definition) is 0. The van der Waals surface area contributed by atoms with Crippen molar-refractivity contribution < 1.29 is 14.2 Å². The van der Waals surface area contributed by atoms with Crippen LogP contribution in [0.25, 0.3) is 0 Å². The second kappa shape index (κ2) is 29.9. The van der Waals surface area contributed by atoms with Crippen molar-refractivity contribution in [1.29, 1.82) is 0 Å². The summed E-state index contributed by atoms with van der Waals surface area (Å²) < 4.78 is 18.6. The molecule has 47 heavy (non-hydrogen) atoms. The van der Waals surface area contributed by atoms with Crippen LogP contribution in [0.2, 0.25) is 0 Å². The van der Waals surface area contributed by atoms with E-state index in [4.69, 9.17) is 14.2 Å². The first-order chi connectivity index (χ1) is 22.1. The fourth-order valence-corrected chi connectivity index (χ4v) is 10.7. The predicted octanol–water partition coefficient (Wildman–Crippen LogP) is 14.4. The summed E-state index contributed by atoms with van der Waals surface area (Å²) in [5.74, 6) is 8.20. The van der Waals surface area contributed by atoms with Gasteiger partial charge in [-0.3, -0.25) is 0 Å². The lowest BCUT2D eigenvalue weighted by Gasteiger charge is -2.24. The minimum atomic E-state index is 0.344. The molecule has 3 nitrogen and oxygen atoms in total. The van der Waals surface area contributed by atoms with Gasteiger partial charge in [-0.15, -0.1) is 0 Å². The molecular formula is C42H84I2O3. The monoisotopic (exact) mass is 890 g/mol. The first kappa shape index (κ1) is 48.3. The van der Waals surface area contributed by atoms with E-state index in [0.29, 0.717) is 13.6 Å². The zero-order valence-electron chi connectivity index (χ0n) is 33.6. The van der Waals surface area contributed by atoms with Crippen LogP contribution in [0, 0.1) is 59.2 Å². The van der Waals surface area contributed by atoms with E-state index < -0.39 is 0 Å². The molecule has 0 aromatic rings. The smallest absolute Gasteiger partial charge is 0.149 e. The summed E-state index contributed by atoms with van der Waals surface area (Å²) >= 11 is 5.14. The maximum absolute atomic E-state index is 5.73. The zero-order valence-corrected chi connectivity index (χ0v) is 38.0. The van der Waals surface area contributed by atoms with Crippen LogP contribution < -0.4 is 0 Å². The summed E-state index contributed by atoms with van der Waals surface area (Å²) in [5, 5.41) is 0. The van der Waals surface area contributed by atoms with Crippen LogP contribution in [0.5, 0.6) is 0 Å². The van der Waals surface area contributed by atoms with Crippen LogP contribution in [-0.4, -0.2) is 34.6 Å². The molecule has 5 heteroatoms. The Kier molecular flexibility index (Phi) is 30.7. The minimum Gasteiger partial charge on any atom is -0.355 e. The number of alkyl halides is 2. The molecule has 0 aliphatic carbocycles. The van der Waals surface area contributed by atoms with Crippen molar-refractivity contribution in [2.45, 2.75) is 181 Å². The van der Waals surface area contributed by atoms with E-state index in [-0.39, 0.29) is 0 Å². The molecule has 0 heterocycles. The molecule has 0 saturated carbocycles. The normalized spacial score (nSPS) is 20.0. The van der Waals surface area contributed by atoms with E-state index in [0.717, 1.165) is 93.1 Å². The molecule has 0 radical (unpaired) electrons. The van der Waals surface area contributed by atoms with Gasteiger partial charge in [-0.1, -0.05) is 128 Å². The van der Waals surface area contributed by atoms with Gasteiger partial charge in [0.05, 0.1) is 0 Å². The van der Waals surface area contributed by atoms with E-state index in [2.05, 4.69) is 128 Å². The third-order valence-corrected chi connectivity index (χ3v) is 11.2. The molecule has 0 spiro atoms. The van der Waals surface area contributed by atoms with Crippen molar-refractivity contribution in [2.24, 2.45) is 59.2 Å². The molecule has 0 aromatic heterocycles. The topological polar surface area (TPSA) is 27.7 Å². The molecule has 0 bridgehead atoms. The van der Waals surface area contributed by atoms with E-state index in [1.807, 2.05) is 0 Å². The van der Waals surface area contributed by atoms with Gasteiger partial charge in [0.2, 0.25) is 0 Å². The highest BCUT2D eigenvalue weighted by Crippen LogP contribution is 2.31. The third kappa shape index (κ3) is 31.8. The Morgan fingerprint density at radius 1 is 0.319 bits per heavy atom. The van der Waals surface area contributed by atoms with Crippen LogP contribution >= 0.6 is 45.2 Å². The third-order valence-electron chi connectivity index (χ3n) is 10.2. The average molecular weight is 891 g/mol. The summed E-state index contributed by atoms with van der Waals surface area (Å²) in [7, 11) is 0. The quantitative estimate of drug-likeness (QED) is 0.0291. The van der Waals surface area contributed by atoms with Gasteiger partial charge in [0, 0.05) is 21.1 Å². The maximum atomic E-state index is 5.73. The SMILES string of the molecule is CC(I)CC(C)CC(C)CC(C)CC(C)CC(C)CCCOCOCOCCCC(C)CC(C)CC(C)CC(C)CC(C)CC(C)I. The summed E-state index contributed by atoms with van der Waals surface area (Å²) in [4.78, 5) is 0. The molecule has 0 saturated heterocycles. The second-order valence-corrected chi connectivity index (χ2v) is 21.8. The number of ether oxygens (including phenoxy) is 3. The molecule has 0 aliphatic rings. The maximum Gasteiger partial charge on any atom is 0.149 e. The molecule has 0 rings (SSSR count). The van der Waals surface area contributed by atoms with Gasteiger partial charge in [0.15, 0.2) is 0 Å². The van der Waals surface area contributed by atoms with Crippen molar-refractivity contribution in [2.75, 3.05) is 26.8 Å².